The number of aromatic nitrogens is 1. The Morgan fingerprint density at radius 2 is 1.52 bits per heavy atom. The van der Waals surface area contributed by atoms with Crippen LogP contribution in [0.15, 0.2) is 66.9 Å². The third-order valence-electron chi connectivity index (χ3n) is 4.23. The van der Waals surface area contributed by atoms with Gasteiger partial charge in [0.1, 0.15) is 5.69 Å². The average molecular weight is 389 g/mol. The topological polar surface area (TPSA) is 97.4 Å². The minimum Gasteiger partial charge on any atom is -0.465 e. The Kier molecular flexibility index (Phi) is 5.99. The monoisotopic (exact) mass is 389 g/mol. The van der Waals surface area contributed by atoms with E-state index in [4.69, 9.17) is 4.74 Å². The molecule has 7 nitrogen and oxygen atoms in total. The average Bonchev–Trinajstić information content (AvgIpc) is 2.75. The van der Waals surface area contributed by atoms with E-state index in [-0.39, 0.29) is 22.7 Å². The normalized spacial score (nSPS) is 10.1. The third kappa shape index (κ3) is 4.65. The second-order valence-electron chi connectivity index (χ2n) is 6.19. The molecule has 1 aromatic heterocycles. The summed E-state index contributed by atoms with van der Waals surface area (Å²) in [7, 11) is 1.26. The van der Waals surface area contributed by atoms with Crippen LogP contribution in [-0.4, -0.2) is 29.9 Å². The minimum atomic E-state index is -0.569. The number of hydrogen-bond donors (Lipinski definition) is 2. The summed E-state index contributed by atoms with van der Waals surface area (Å²) in [6.07, 6.45) is 1.38. The van der Waals surface area contributed by atoms with Crippen molar-refractivity contribution in [2.45, 2.75) is 6.92 Å². The zero-order valence-electron chi connectivity index (χ0n) is 15.9. The van der Waals surface area contributed by atoms with Gasteiger partial charge in [-0.1, -0.05) is 30.3 Å². The molecular weight excluding hydrogens is 370 g/mol. The number of methoxy groups -OCH3 is 1. The number of nitrogens with zero attached hydrogens (tertiary/aromatic N) is 1. The number of amides is 2. The van der Waals surface area contributed by atoms with Gasteiger partial charge in [0.25, 0.3) is 11.8 Å². The van der Waals surface area contributed by atoms with E-state index in [0.717, 1.165) is 5.56 Å². The standard InChI is InChI=1S/C22H19N3O4/c1-14-7-3-5-9-17(14)24-20(26)15-11-12-23-19(13-15)21(27)25-18-10-6-4-8-16(18)22(28)29-2/h3-13H,1-2H3,(H,24,26)(H,25,27). The van der Waals surface area contributed by atoms with Crippen LogP contribution >= 0.6 is 0 Å². The van der Waals surface area contributed by atoms with Crippen LogP contribution in [0.1, 0.15) is 36.8 Å². The Balaban J connectivity index is 1.79. The molecule has 0 fully saturated rings. The Morgan fingerprint density at radius 3 is 2.24 bits per heavy atom. The van der Waals surface area contributed by atoms with Crippen molar-refractivity contribution < 1.29 is 19.1 Å². The van der Waals surface area contributed by atoms with E-state index >= 15 is 0 Å². The number of nitrogens with one attached hydrogen (secondary N) is 2. The number of esters is 1. The van der Waals surface area contributed by atoms with Gasteiger partial charge in [-0.05, 0) is 42.8 Å². The molecule has 0 unspecified atom stereocenters. The van der Waals surface area contributed by atoms with Gasteiger partial charge in [0, 0.05) is 17.4 Å². The molecule has 0 saturated heterocycles. The van der Waals surface area contributed by atoms with Crippen LogP contribution < -0.4 is 10.6 Å². The molecule has 0 bridgehead atoms. The zero-order chi connectivity index (χ0) is 20.8. The molecule has 29 heavy (non-hydrogen) atoms. The summed E-state index contributed by atoms with van der Waals surface area (Å²) in [4.78, 5) is 41.0. The van der Waals surface area contributed by atoms with E-state index in [1.807, 2.05) is 25.1 Å². The van der Waals surface area contributed by atoms with Crippen LogP contribution in [0.25, 0.3) is 0 Å². The molecule has 2 aromatic carbocycles. The summed E-state index contributed by atoms with van der Waals surface area (Å²) in [5.74, 6) is -1.47. The SMILES string of the molecule is COC(=O)c1ccccc1NC(=O)c1cc(C(=O)Nc2ccccc2C)ccn1. The van der Waals surface area contributed by atoms with E-state index < -0.39 is 11.9 Å². The highest BCUT2D eigenvalue weighted by atomic mass is 16.5. The first-order chi connectivity index (χ1) is 14.0. The van der Waals surface area contributed by atoms with Gasteiger partial charge in [0.15, 0.2) is 0 Å². The number of pyridine rings is 1. The Morgan fingerprint density at radius 1 is 0.862 bits per heavy atom. The van der Waals surface area contributed by atoms with Gasteiger partial charge in [0.2, 0.25) is 0 Å². The lowest BCUT2D eigenvalue weighted by molar-refractivity contribution is 0.0601. The van der Waals surface area contributed by atoms with Gasteiger partial charge in [-0.25, -0.2) is 4.79 Å². The number of aryl methyl sites for hydroxylation is 1. The predicted molar refractivity (Wildman–Crippen MR) is 109 cm³/mol. The summed E-state index contributed by atoms with van der Waals surface area (Å²) in [6, 6.07) is 16.8. The molecule has 0 aliphatic rings. The Hall–Kier alpha value is -4.00. The highest BCUT2D eigenvalue weighted by molar-refractivity contribution is 6.09. The summed E-state index contributed by atoms with van der Waals surface area (Å²) in [5.41, 5.74) is 2.45. The van der Waals surface area contributed by atoms with Crippen LogP contribution in [0.3, 0.4) is 0 Å². The van der Waals surface area contributed by atoms with Gasteiger partial charge in [-0.2, -0.15) is 0 Å². The number of ether oxygens (including phenoxy) is 1. The van der Waals surface area contributed by atoms with Gasteiger partial charge in [-0.3, -0.25) is 14.6 Å². The molecular formula is C22H19N3O4. The number of benzene rings is 2. The van der Waals surface area contributed by atoms with Crippen molar-refractivity contribution >= 4 is 29.2 Å². The molecule has 0 radical (unpaired) electrons. The van der Waals surface area contributed by atoms with E-state index in [1.165, 1.54) is 25.4 Å². The van der Waals surface area contributed by atoms with E-state index in [2.05, 4.69) is 15.6 Å². The van der Waals surface area contributed by atoms with Crippen molar-refractivity contribution in [2.24, 2.45) is 0 Å². The first-order valence-corrected chi connectivity index (χ1v) is 8.81. The van der Waals surface area contributed by atoms with Crippen LogP contribution in [0.2, 0.25) is 0 Å². The molecule has 2 amide bonds. The molecule has 0 aliphatic carbocycles. The molecule has 2 N–H and O–H groups in total. The first-order valence-electron chi connectivity index (χ1n) is 8.81. The third-order valence-corrected chi connectivity index (χ3v) is 4.23. The molecule has 0 spiro atoms. The van der Waals surface area contributed by atoms with Crippen molar-refractivity contribution in [3.05, 3.63) is 89.2 Å². The molecule has 3 rings (SSSR count). The maximum absolute atomic E-state index is 12.6. The van der Waals surface area contributed by atoms with E-state index in [9.17, 15) is 14.4 Å². The number of carbonyl (C=O) groups is 3. The molecule has 0 aliphatic heterocycles. The fourth-order valence-electron chi connectivity index (χ4n) is 2.67. The Bertz CT molecular complexity index is 1080. The van der Waals surface area contributed by atoms with Crippen molar-refractivity contribution in [1.82, 2.24) is 4.98 Å². The van der Waals surface area contributed by atoms with Crippen LogP contribution in [0.5, 0.6) is 0 Å². The Labute approximate surface area is 167 Å². The largest absolute Gasteiger partial charge is 0.465 e. The number of para-hydroxylation sites is 2. The predicted octanol–water partition coefficient (Wildman–Crippen LogP) is 3.68. The number of anilines is 2. The highest BCUT2D eigenvalue weighted by Crippen LogP contribution is 2.18. The van der Waals surface area contributed by atoms with Gasteiger partial charge >= 0.3 is 5.97 Å². The van der Waals surface area contributed by atoms with Crippen molar-refractivity contribution in [3.8, 4) is 0 Å². The molecule has 3 aromatic rings. The fraction of sp³-hybridized carbons (Fsp3) is 0.0909. The summed E-state index contributed by atoms with van der Waals surface area (Å²) < 4.78 is 4.72. The van der Waals surface area contributed by atoms with Gasteiger partial charge in [-0.15, -0.1) is 0 Å². The second kappa shape index (κ2) is 8.79. The smallest absolute Gasteiger partial charge is 0.339 e. The van der Waals surface area contributed by atoms with Crippen LogP contribution in [-0.2, 0) is 4.74 Å². The molecule has 0 saturated carbocycles. The summed E-state index contributed by atoms with van der Waals surface area (Å²) in [6.45, 7) is 1.89. The van der Waals surface area contributed by atoms with Gasteiger partial charge in [0.05, 0.1) is 18.4 Å². The van der Waals surface area contributed by atoms with E-state index in [0.29, 0.717) is 11.4 Å². The summed E-state index contributed by atoms with van der Waals surface area (Å²) in [5, 5.41) is 5.45. The fourth-order valence-corrected chi connectivity index (χ4v) is 2.67. The molecule has 146 valence electrons. The second-order valence-corrected chi connectivity index (χ2v) is 6.19. The lowest BCUT2D eigenvalue weighted by Gasteiger charge is -2.10. The molecule has 0 atom stereocenters. The van der Waals surface area contributed by atoms with Crippen molar-refractivity contribution in [2.75, 3.05) is 17.7 Å². The van der Waals surface area contributed by atoms with E-state index in [1.54, 1.807) is 30.3 Å². The molecule has 1 heterocycles. The van der Waals surface area contributed by atoms with Crippen LogP contribution in [0, 0.1) is 6.92 Å². The van der Waals surface area contributed by atoms with Crippen molar-refractivity contribution in [1.29, 1.82) is 0 Å². The first kappa shape index (κ1) is 19.8. The van der Waals surface area contributed by atoms with Crippen molar-refractivity contribution in [3.63, 3.8) is 0 Å². The lowest BCUT2D eigenvalue weighted by atomic mass is 10.1. The minimum absolute atomic E-state index is 0.0436. The van der Waals surface area contributed by atoms with Gasteiger partial charge < -0.3 is 15.4 Å². The van der Waals surface area contributed by atoms with Crippen LogP contribution in [0.4, 0.5) is 11.4 Å². The maximum atomic E-state index is 12.6. The quantitative estimate of drug-likeness (QED) is 0.649. The summed E-state index contributed by atoms with van der Waals surface area (Å²) >= 11 is 0. The zero-order valence-corrected chi connectivity index (χ0v) is 15.9. The number of carbonyl (C=O) groups excluding carboxylic acids is 3. The number of hydrogen-bond acceptors (Lipinski definition) is 5. The molecule has 7 heteroatoms. The maximum Gasteiger partial charge on any atom is 0.339 e. The lowest BCUT2D eigenvalue weighted by Crippen LogP contribution is -2.18. The highest BCUT2D eigenvalue weighted by Gasteiger charge is 2.16. The number of rotatable bonds is 5.